The summed E-state index contributed by atoms with van der Waals surface area (Å²) in [6, 6.07) is 0. The molecular formula is C7H15NO3. The molecule has 1 aliphatic heterocycles. The number of nitrogens with one attached hydrogen (secondary N) is 1. The molecule has 11 heavy (non-hydrogen) atoms. The minimum atomic E-state index is -1.19. The number of carbonyl (C=O) groups is 1. The van der Waals surface area contributed by atoms with Crippen LogP contribution in [0.4, 0.5) is 0 Å². The van der Waals surface area contributed by atoms with Gasteiger partial charge in [0.2, 0.25) is 0 Å². The quantitative estimate of drug-likeness (QED) is 0.499. The van der Waals surface area contributed by atoms with E-state index in [1.54, 1.807) is 0 Å². The van der Waals surface area contributed by atoms with E-state index in [9.17, 15) is 0 Å². The number of carboxylic acids is 1. The van der Waals surface area contributed by atoms with Crippen molar-refractivity contribution in [2.24, 2.45) is 0 Å². The van der Waals surface area contributed by atoms with Gasteiger partial charge in [0.1, 0.15) is 6.61 Å². The van der Waals surface area contributed by atoms with Gasteiger partial charge in [0.15, 0.2) is 0 Å². The third kappa shape index (κ3) is 9.39. The maximum Gasteiger partial charge on any atom is 0.329 e. The van der Waals surface area contributed by atoms with Crippen LogP contribution in [0.25, 0.3) is 0 Å². The Kier molecular flexibility index (Phi) is 7.08. The van der Waals surface area contributed by atoms with Gasteiger partial charge in [0.25, 0.3) is 0 Å². The molecule has 0 aromatic carbocycles. The lowest BCUT2D eigenvalue weighted by atomic mass is 10.2. The maximum absolute atomic E-state index is 9.12. The Morgan fingerprint density at radius 2 is 1.73 bits per heavy atom. The molecule has 1 aliphatic rings. The minimum absolute atomic E-state index is 0.778. The first-order chi connectivity index (χ1) is 5.27. The molecule has 0 spiro atoms. The SMILES string of the molecule is C1CCNCC1.O=C(O)CO. The molecule has 0 radical (unpaired) electrons. The molecule has 4 heteroatoms. The van der Waals surface area contributed by atoms with Gasteiger partial charge in [-0.2, -0.15) is 0 Å². The normalized spacial score (nSPS) is 16.5. The van der Waals surface area contributed by atoms with E-state index in [-0.39, 0.29) is 0 Å². The van der Waals surface area contributed by atoms with Crippen LogP contribution in [0.3, 0.4) is 0 Å². The molecule has 0 aliphatic carbocycles. The number of aliphatic hydroxyl groups is 1. The second kappa shape index (κ2) is 7.50. The second-order valence-electron chi connectivity index (χ2n) is 2.36. The van der Waals surface area contributed by atoms with E-state index in [0.717, 1.165) is 0 Å². The second-order valence-corrected chi connectivity index (χ2v) is 2.36. The van der Waals surface area contributed by atoms with Crippen molar-refractivity contribution in [2.45, 2.75) is 19.3 Å². The maximum atomic E-state index is 9.12. The van der Waals surface area contributed by atoms with E-state index in [4.69, 9.17) is 15.0 Å². The van der Waals surface area contributed by atoms with Gasteiger partial charge in [-0.05, 0) is 25.9 Å². The number of aliphatic hydroxyl groups excluding tert-OH is 1. The Labute approximate surface area is 66.2 Å². The molecule has 4 nitrogen and oxygen atoms in total. The Morgan fingerprint density at radius 1 is 1.27 bits per heavy atom. The molecule has 0 aromatic heterocycles. The molecule has 0 unspecified atom stereocenters. The third-order valence-corrected chi connectivity index (χ3v) is 1.34. The van der Waals surface area contributed by atoms with Crippen LogP contribution in [0.2, 0.25) is 0 Å². The van der Waals surface area contributed by atoms with Gasteiger partial charge in [-0.25, -0.2) is 4.79 Å². The van der Waals surface area contributed by atoms with Crippen molar-refractivity contribution in [3.63, 3.8) is 0 Å². The molecule has 0 atom stereocenters. The zero-order valence-corrected chi connectivity index (χ0v) is 6.55. The molecule has 1 heterocycles. The Hall–Kier alpha value is -0.610. The predicted octanol–water partition coefficient (Wildman–Crippen LogP) is -0.177. The summed E-state index contributed by atoms with van der Waals surface area (Å²) in [4.78, 5) is 9.12. The van der Waals surface area contributed by atoms with Crippen molar-refractivity contribution in [2.75, 3.05) is 19.7 Å². The van der Waals surface area contributed by atoms with Crippen LogP contribution in [-0.4, -0.2) is 35.9 Å². The fraction of sp³-hybridized carbons (Fsp3) is 0.857. The van der Waals surface area contributed by atoms with Crippen LogP contribution < -0.4 is 5.32 Å². The molecule has 3 N–H and O–H groups in total. The zero-order valence-electron chi connectivity index (χ0n) is 6.55. The summed E-state index contributed by atoms with van der Waals surface area (Å²) in [5.41, 5.74) is 0. The number of piperidine rings is 1. The minimum Gasteiger partial charge on any atom is -0.480 e. The third-order valence-electron chi connectivity index (χ3n) is 1.34. The number of carboxylic acid groups (broad SMARTS) is 1. The highest BCUT2D eigenvalue weighted by Crippen LogP contribution is 1.96. The van der Waals surface area contributed by atoms with E-state index in [1.807, 2.05) is 0 Å². The lowest BCUT2D eigenvalue weighted by Crippen LogP contribution is -2.21. The molecule has 1 rings (SSSR count). The first-order valence-corrected chi connectivity index (χ1v) is 3.80. The van der Waals surface area contributed by atoms with Gasteiger partial charge in [-0.3, -0.25) is 0 Å². The fourth-order valence-corrected chi connectivity index (χ4v) is 0.802. The molecule has 0 saturated carbocycles. The van der Waals surface area contributed by atoms with Gasteiger partial charge in [-0.1, -0.05) is 6.42 Å². The largest absolute Gasteiger partial charge is 0.480 e. The van der Waals surface area contributed by atoms with Crippen molar-refractivity contribution in [1.29, 1.82) is 0 Å². The van der Waals surface area contributed by atoms with Crippen LogP contribution in [0.5, 0.6) is 0 Å². The smallest absolute Gasteiger partial charge is 0.329 e. The highest BCUT2D eigenvalue weighted by Gasteiger charge is 1.93. The summed E-state index contributed by atoms with van der Waals surface area (Å²) in [7, 11) is 0. The summed E-state index contributed by atoms with van der Waals surface area (Å²) in [5, 5.41) is 18.3. The fourth-order valence-electron chi connectivity index (χ4n) is 0.802. The van der Waals surface area contributed by atoms with Crippen LogP contribution in [0.15, 0.2) is 0 Å². The summed E-state index contributed by atoms with van der Waals surface area (Å²) < 4.78 is 0. The predicted molar refractivity (Wildman–Crippen MR) is 41.4 cm³/mol. The Balaban J connectivity index is 0.000000187. The first-order valence-electron chi connectivity index (χ1n) is 3.80. The average molecular weight is 161 g/mol. The molecular weight excluding hydrogens is 146 g/mol. The van der Waals surface area contributed by atoms with Crippen molar-refractivity contribution in [3.8, 4) is 0 Å². The van der Waals surface area contributed by atoms with Crippen LogP contribution >= 0.6 is 0 Å². The first kappa shape index (κ1) is 10.4. The molecule has 1 fully saturated rings. The van der Waals surface area contributed by atoms with Gasteiger partial charge in [0.05, 0.1) is 0 Å². The van der Waals surface area contributed by atoms with E-state index >= 15 is 0 Å². The van der Waals surface area contributed by atoms with E-state index < -0.39 is 12.6 Å². The molecule has 66 valence electrons. The van der Waals surface area contributed by atoms with Crippen molar-refractivity contribution < 1.29 is 15.0 Å². The lowest BCUT2D eigenvalue weighted by molar-refractivity contribution is -0.140. The monoisotopic (exact) mass is 161 g/mol. The molecule has 0 aromatic rings. The van der Waals surface area contributed by atoms with Crippen LogP contribution in [-0.2, 0) is 4.79 Å². The standard InChI is InChI=1S/C5H11N.C2H4O3/c1-2-4-6-5-3-1;3-1-2(4)5/h6H,1-5H2;3H,1H2,(H,4,5). The molecule has 1 saturated heterocycles. The Bertz CT molecular complexity index is 90.3. The highest BCUT2D eigenvalue weighted by atomic mass is 16.4. The van der Waals surface area contributed by atoms with Crippen LogP contribution in [0, 0.1) is 0 Å². The van der Waals surface area contributed by atoms with Gasteiger partial charge < -0.3 is 15.5 Å². The highest BCUT2D eigenvalue weighted by molar-refractivity contribution is 5.67. The number of hydrogen-bond donors (Lipinski definition) is 3. The topological polar surface area (TPSA) is 69.6 Å². The average Bonchev–Trinajstić information content (AvgIpc) is 2.09. The van der Waals surface area contributed by atoms with E-state index in [0.29, 0.717) is 0 Å². The number of hydrogen-bond acceptors (Lipinski definition) is 3. The van der Waals surface area contributed by atoms with E-state index in [2.05, 4.69) is 5.32 Å². The molecule has 0 amide bonds. The summed E-state index contributed by atoms with van der Waals surface area (Å²) in [5.74, 6) is -1.19. The van der Waals surface area contributed by atoms with Crippen molar-refractivity contribution in [1.82, 2.24) is 5.32 Å². The summed E-state index contributed by atoms with van der Waals surface area (Å²) in [6.07, 6.45) is 4.22. The summed E-state index contributed by atoms with van der Waals surface area (Å²) >= 11 is 0. The summed E-state index contributed by atoms with van der Waals surface area (Å²) in [6.45, 7) is 1.72. The van der Waals surface area contributed by atoms with Gasteiger partial charge >= 0.3 is 5.97 Å². The van der Waals surface area contributed by atoms with E-state index in [1.165, 1.54) is 32.4 Å². The van der Waals surface area contributed by atoms with Gasteiger partial charge in [-0.15, -0.1) is 0 Å². The van der Waals surface area contributed by atoms with Crippen molar-refractivity contribution >= 4 is 5.97 Å². The number of aliphatic carboxylic acids is 1. The van der Waals surface area contributed by atoms with Crippen molar-refractivity contribution in [3.05, 3.63) is 0 Å². The number of rotatable bonds is 1. The lowest BCUT2D eigenvalue weighted by Gasteiger charge is -2.08. The van der Waals surface area contributed by atoms with Crippen LogP contribution in [0.1, 0.15) is 19.3 Å². The molecule has 0 bridgehead atoms. The van der Waals surface area contributed by atoms with Gasteiger partial charge in [0, 0.05) is 0 Å². The zero-order chi connectivity index (χ0) is 8.53. The Morgan fingerprint density at radius 3 is 1.82 bits per heavy atom.